The van der Waals surface area contributed by atoms with Crippen LogP contribution < -0.4 is 10.5 Å². The molecule has 0 bridgehead atoms. The lowest BCUT2D eigenvalue weighted by atomic mass is 9.83. The first-order valence-electron chi connectivity index (χ1n) is 13.0. The Labute approximate surface area is 229 Å². The predicted molar refractivity (Wildman–Crippen MR) is 145 cm³/mol. The highest BCUT2D eigenvalue weighted by Gasteiger charge is 2.48. The van der Waals surface area contributed by atoms with Crippen molar-refractivity contribution in [2.75, 3.05) is 18.0 Å². The number of benzene rings is 2. The number of halogens is 3. The summed E-state index contributed by atoms with van der Waals surface area (Å²) >= 11 is 0. The third kappa shape index (κ3) is 5.50. The molecule has 0 N–H and O–H groups in total. The third-order valence-electron chi connectivity index (χ3n) is 7.54. The summed E-state index contributed by atoms with van der Waals surface area (Å²) < 4.78 is 47.2. The zero-order chi connectivity index (χ0) is 28.5. The molecule has 0 unspecified atom stereocenters. The van der Waals surface area contributed by atoms with Crippen LogP contribution in [0.1, 0.15) is 37.8 Å². The minimum absolute atomic E-state index is 0.104. The van der Waals surface area contributed by atoms with Crippen molar-refractivity contribution in [1.82, 2.24) is 14.7 Å². The van der Waals surface area contributed by atoms with Gasteiger partial charge < -0.3 is 14.0 Å². The van der Waals surface area contributed by atoms with Gasteiger partial charge in [0.1, 0.15) is 0 Å². The monoisotopic (exact) mass is 547 g/mol. The van der Waals surface area contributed by atoms with Crippen LogP contribution in [0.5, 0.6) is 0 Å². The molecule has 1 aliphatic heterocycles. The molecule has 0 radical (unpaired) electrons. The van der Waals surface area contributed by atoms with E-state index < -0.39 is 11.6 Å². The molecule has 40 heavy (non-hydrogen) atoms. The molecule has 0 atom stereocenters. The Morgan fingerprint density at radius 3 is 2.40 bits per heavy atom. The van der Waals surface area contributed by atoms with E-state index in [0.29, 0.717) is 17.7 Å². The topological polar surface area (TPSA) is 88.0 Å². The number of nitriles is 1. The van der Waals surface area contributed by atoms with Gasteiger partial charge in [0.05, 0.1) is 23.6 Å². The lowest BCUT2D eigenvalue weighted by molar-refractivity contribution is -0.180. The van der Waals surface area contributed by atoms with Crippen LogP contribution in [0.3, 0.4) is 0 Å². The van der Waals surface area contributed by atoms with E-state index in [9.17, 15) is 18.0 Å². The molecule has 3 heterocycles. The zero-order valence-electron chi connectivity index (χ0n) is 22.2. The summed E-state index contributed by atoms with van der Waals surface area (Å²) in [5.74, 6) is 0.529. The van der Waals surface area contributed by atoms with Crippen LogP contribution in [0, 0.1) is 17.2 Å². The van der Waals surface area contributed by atoms with Gasteiger partial charge in [-0.3, -0.25) is 4.79 Å². The third-order valence-corrected chi connectivity index (χ3v) is 7.54. The highest BCUT2D eigenvalue weighted by molar-refractivity contribution is 5.60. The summed E-state index contributed by atoms with van der Waals surface area (Å²) in [6.45, 7) is 4.25. The average Bonchev–Trinajstić information content (AvgIpc) is 3.44. The largest absolute Gasteiger partial charge is 0.397 e. The fourth-order valence-corrected chi connectivity index (χ4v) is 4.75. The normalized spacial score (nSPS) is 14.8. The predicted octanol–water partition coefficient (Wildman–Crippen LogP) is 6.19. The second-order valence-corrected chi connectivity index (χ2v) is 10.6. The highest BCUT2D eigenvalue weighted by atomic mass is 19.4. The van der Waals surface area contributed by atoms with Crippen LogP contribution in [0.25, 0.3) is 22.8 Å². The smallest absolute Gasteiger partial charge is 0.371 e. The Kier molecular flexibility index (Phi) is 7.23. The number of aromatic nitrogens is 3. The number of nitrogens with zero attached hydrogens (tertiary/aromatic N) is 5. The molecule has 206 valence electrons. The second kappa shape index (κ2) is 10.6. The van der Waals surface area contributed by atoms with Crippen molar-refractivity contribution < 1.29 is 17.7 Å². The lowest BCUT2D eigenvalue weighted by Crippen LogP contribution is -2.36. The highest BCUT2D eigenvalue weighted by Crippen LogP contribution is 2.40. The van der Waals surface area contributed by atoms with E-state index in [1.54, 1.807) is 16.8 Å². The van der Waals surface area contributed by atoms with Gasteiger partial charge in [-0.05, 0) is 56.0 Å². The summed E-state index contributed by atoms with van der Waals surface area (Å²) in [7, 11) is 0. The molecule has 0 saturated carbocycles. The van der Waals surface area contributed by atoms with Crippen molar-refractivity contribution in [2.24, 2.45) is 5.92 Å². The molecule has 1 fully saturated rings. The van der Waals surface area contributed by atoms with E-state index in [2.05, 4.69) is 27.2 Å². The maximum atomic E-state index is 13.4. The summed E-state index contributed by atoms with van der Waals surface area (Å²) in [5, 5.41) is 13.1. The quantitative estimate of drug-likeness (QED) is 0.286. The number of hydrogen-bond donors (Lipinski definition) is 0. The number of rotatable bonds is 6. The van der Waals surface area contributed by atoms with Gasteiger partial charge >= 0.3 is 6.18 Å². The molecule has 0 spiro atoms. The van der Waals surface area contributed by atoms with Crippen molar-refractivity contribution in [3.05, 3.63) is 88.3 Å². The molecule has 7 nitrogen and oxygen atoms in total. The van der Waals surface area contributed by atoms with Gasteiger partial charge in [-0.25, -0.2) is 0 Å². The van der Waals surface area contributed by atoms with Gasteiger partial charge in [-0.2, -0.15) is 23.4 Å². The zero-order valence-corrected chi connectivity index (χ0v) is 22.2. The molecular formula is C30H28F3N5O2. The number of piperidine rings is 1. The molecule has 2 aromatic heterocycles. The summed E-state index contributed by atoms with van der Waals surface area (Å²) in [6.07, 6.45) is -1.05. The molecule has 2 aromatic carbocycles. The van der Waals surface area contributed by atoms with Gasteiger partial charge in [0.25, 0.3) is 11.4 Å². The van der Waals surface area contributed by atoms with Crippen LogP contribution >= 0.6 is 0 Å². The standard InChI is InChI=1S/C30H28F3N5O2/c1-29(2,30(31,32)33)24-9-6-22(7-10-24)27-35-28(40-36-27)23-8-11-26(39)38(19-23)18-21-4-3-5-25(16-21)37-14-12-20(17-34)13-15-37/h3-11,16,19-20H,12-15,18H2,1-2H3. The van der Waals surface area contributed by atoms with Crippen molar-refractivity contribution in [1.29, 1.82) is 5.26 Å². The van der Waals surface area contributed by atoms with Crippen LogP contribution in [-0.2, 0) is 12.0 Å². The Hall–Kier alpha value is -4.39. The van der Waals surface area contributed by atoms with E-state index in [0.717, 1.165) is 51.0 Å². The maximum absolute atomic E-state index is 13.4. The first kappa shape index (κ1) is 27.2. The summed E-state index contributed by atoms with van der Waals surface area (Å²) in [5.41, 5.74) is 1.03. The summed E-state index contributed by atoms with van der Waals surface area (Å²) in [4.78, 5) is 19.3. The van der Waals surface area contributed by atoms with E-state index >= 15 is 0 Å². The molecule has 0 amide bonds. The first-order chi connectivity index (χ1) is 19.0. The number of pyridine rings is 1. The van der Waals surface area contributed by atoms with Crippen molar-refractivity contribution >= 4 is 5.69 Å². The Morgan fingerprint density at radius 1 is 1.02 bits per heavy atom. The fourth-order valence-electron chi connectivity index (χ4n) is 4.75. The van der Waals surface area contributed by atoms with E-state index in [1.165, 1.54) is 30.3 Å². The van der Waals surface area contributed by atoms with Gasteiger partial charge in [0.2, 0.25) is 5.82 Å². The van der Waals surface area contributed by atoms with Crippen LogP contribution in [0.15, 0.2) is 76.2 Å². The summed E-state index contributed by atoms with van der Waals surface area (Å²) in [6, 6.07) is 19.3. The molecule has 5 rings (SSSR count). The second-order valence-electron chi connectivity index (χ2n) is 10.6. The molecule has 10 heteroatoms. The number of anilines is 1. The maximum Gasteiger partial charge on any atom is 0.397 e. The SMILES string of the molecule is CC(C)(c1ccc(-c2noc(-c3ccc(=O)n(Cc4cccc(N5CCC(C#N)CC5)c4)c3)n2)cc1)C(F)(F)F. The van der Waals surface area contributed by atoms with Crippen molar-refractivity contribution in [3.8, 4) is 28.9 Å². The van der Waals surface area contributed by atoms with Crippen molar-refractivity contribution in [2.45, 2.75) is 44.8 Å². The Bertz CT molecular complexity index is 1590. The minimum Gasteiger partial charge on any atom is -0.371 e. The van der Waals surface area contributed by atoms with Gasteiger partial charge in [-0.15, -0.1) is 0 Å². The number of alkyl halides is 3. The van der Waals surface area contributed by atoms with Crippen LogP contribution in [-0.4, -0.2) is 34.0 Å². The lowest BCUT2D eigenvalue weighted by Gasteiger charge is -2.31. The molecule has 4 aromatic rings. The van der Waals surface area contributed by atoms with Crippen molar-refractivity contribution in [3.63, 3.8) is 0 Å². The first-order valence-corrected chi connectivity index (χ1v) is 13.0. The molecular weight excluding hydrogens is 519 g/mol. The Morgan fingerprint density at radius 2 is 1.73 bits per heavy atom. The van der Waals surface area contributed by atoms with E-state index in [4.69, 9.17) is 9.78 Å². The minimum atomic E-state index is -4.38. The number of hydrogen-bond acceptors (Lipinski definition) is 6. The average molecular weight is 548 g/mol. The van der Waals surface area contributed by atoms with Gasteiger partial charge in [-0.1, -0.05) is 41.6 Å². The van der Waals surface area contributed by atoms with Crippen LogP contribution in [0.2, 0.25) is 0 Å². The fraction of sp³-hybridized carbons (Fsp3) is 0.333. The molecule has 0 aliphatic carbocycles. The Balaban J connectivity index is 1.33. The van der Waals surface area contributed by atoms with E-state index in [-0.39, 0.29) is 28.8 Å². The van der Waals surface area contributed by atoms with Gasteiger partial charge in [0, 0.05) is 42.5 Å². The van der Waals surface area contributed by atoms with E-state index in [1.807, 2.05) is 18.2 Å². The van der Waals surface area contributed by atoms with Crippen LogP contribution in [0.4, 0.5) is 18.9 Å². The molecule has 1 saturated heterocycles. The molecule has 1 aliphatic rings. The van der Waals surface area contributed by atoms with Gasteiger partial charge in [0.15, 0.2) is 0 Å².